The van der Waals surface area contributed by atoms with Crippen LogP contribution in [0.2, 0.25) is 0 Å². The van der Waals surface area contributed by atoms with Crippen LogP contribution in [0.3, 0.4) is 0 Å². The number of aryl methyl sites for hydroxylation is 1. The fourth-order valence-corrected chi connectivity index (χ4v) is 9.16. The van der Waals surface area contributed by atoms with Gasteiger partial charge in [-0.15, -0.1) is 0 Å². The van der Waals surface area contributed by atoms with Crippen molar-refractivity contribution >= 4 is 54.1 Å². The van der Waals surface area contributed by atoms with Gasteiger partial charge in [-0.2, -0.15) is 0 Å². The Kier molecular flexibility index (Phi) is 7.82. The summed E-state index contributed by atoms with van der Waals surface area (Å²) in [6.45, 7) is 2.19. The molecule has 0 aliphatic carbocycles. The molecule has 0 aliphatic heterocycles. The van der Waals surface area contributed by atoms with E-state index in [0.717, 1.165) is 29.0 Å². The van der Waals surface area contributed by atoms with Crippen LogP contribution in [0.25, 0.3) is 104 Å². The van der Waals surface area contributed by atoms with E-state index in [1.165, 1.54) is 87.6 Å². The van der Waals surface area contributed by atoms with Crippen LogP contribution in [0.4, 0.5) is 0 Å². The van der Waals surface area contributed by atoms with Crippen LogP contribution in [0.15, 0.2) is 200 Å². The van der Waals surface area contributed by atoms with Crippen molar-refractivity contribution < 1.29 is 0 Å². The highest BCUT2D eigenvalue weighted by Crippen LogP contribution is 2.48. The van der Waals surface area contributed by atoms with Crippen molar-refractivity contribution in [2.45, 2.75) is 13.3 Å². The number of rotatable bonds is 6. The average Bonchev–Trinajstić information content (AvgIpc) is 3.66. The molecule has 0 N–H and O–H groups in total. The molecule has 11 rings (SSSR count). The number of fused-ring (bicyclic) bond motifs is 5. The lowest BCUT2D eigenvalue weighted by atomic mass is 9.82. The Morgan fingerprint density at radius 1 is 0.386 bits per heavy atom. The van der Waals surface area contributed by atoms with Gasteiger partial charge in [-0.3, -0.25) is 4.57 Å². The molecule has 0 aliphatic rings. The van der Waals surface area contributed by atoms with Crippen LogP contribution in [0, 0.1) is 0 Å². The van der Waals surface area contributed by atoms with Gasteiger partial charge in [0.1, 0.15) is 5.82 Å². The molecule has 0 unspecified atom stereocenters. The molecule has 57 heavy (non-hydrogen) atoms. The number of hydrogen-bond donors (Lipinski definition) is 0. The molecule has 2 heteroatoms. The highest BCUT2D eigenvalue weighted by Gasteiger charge is 2.22. The molecular formula is C55H38N2. The predicted molar refractivity (Wildman–Crippen MR) is 242 cm³/mol. The summed E-state index contributed by atoms with van der Waals surface area (Å²) in [5.74, 6) is 1.06. The van der Waals surface area contributed by atoms with Crippen LogP contribution in [-0.4, -0.2) is 9.55 Å². The predicted octanol–water partition coefficient (Wildman–Crippen LogP) is 14.9. The Balaban J connectivity index is 1.23. The quantitative estimate of drug-likeness (QED) is 0.156. The van der Waals surface area contributed by atoms with Gasteiger partial charge in [-0.05, 0) is 113 Å². The number of hydrogen-bond acceptors (Lipinski definition) is 1. The van der Waals surface area contributed by atoms with E-state index in [0.29, 0.717) is 0 Å². The SMILES string of the molecule is CCc1nc2ccccc2n1-c1ccc(-c2c3ccccc3c(-c3cccc4cc(-c5ccccc5)ccc34)c3ccc(-c4ccccc4)cc23)c2ccccc12. The van der Waals surface area contributed by atoms with Gasteiger partial charge in [-0.25, -0.2) is 4.98 Å². The zero-order valence-electron chi connectivity index (χ0n) is 31.7. The summed E-state index contributed by atoms with van der Waals surface area (Å²) < 4.78 is 2.36. The molecule has 2 nitrogen and oxygen atoms in total. The van der Waals surface area contributed by atoms with Crippen molar-refractivity contribution in [3.63, 3.8) is 0 Å². The zero-order chi connectivity index (χ0) is 37.9. The van der Waals surface area contributed by atoms with Crippen LogP contribution >= 0.6 is 0 Å². The first-order valence-corrected chi connectivity index (χ1v) is 19.9. The maximum Gasteiger partial charge on any atom is 0.114 e. The Morgan fingerprint density at radius 3 is 1.67 bits per heavy atom. The van der Waals surface area contributed by atoms with Gasteiger partial charge in [0.05, 0.1) is 16.7 Å². The van der Waals surface area contributed by atoms with Gasteiger partial charge in [0.15, 0.2) is 0 Å². The Morgan fingerprint density at radius 2 is 0.947 bits per heavy atom. The lowest BCUT2D eigenvalue weighted by molar-refractivity contribution is 0.913. The largest absolute Gasteiger partial charge is 0.296 e. The Bertz CT molecular complexity index is 3320. The number of para-hydroxylation sites is 2. The third kappa shape index (κ3) is 5.37. The lowest BCUT2D eigenvalue weighted by Gasteiger charge is -2.21. The highest BCUT2D eigenvalue weighted by atomic mass is 15.1. The van der Waals surface area contributed by atoms with Crippen molar-refractivity contribution in [2.24, 2.45) is 0 Å². The highest BCUT2D eigenvalue weighted by molar-refractivity contribution is 6.26. The summed E-state index contributed by atoms with van der Waals surface area (Å²) in [4.78, 5) is 5.06. The van der Waals surface area contributed by atoms with Crippen LogP contribution < -0.4 is 0 Å². The molecule has 0 bridgehead atoms. The second-order valence-electron chi connectivity index (χ2n) is 14.9. The number of imidazole rings is 1. The van der Waals surface area contributed by atoms with E-state index in [9.17, 15) is 0 Å². The van der Waals surface area contributed by atoms with Crippen LogP contribution in [0.1, 0.15) is 12.7 Å². The minimum absolute atomic E-state index is 0.839. The summed E-state index contributed by atoms with van der Waals surface area (Å²) in [6, 6.07) is 73.3. The molecule has 268 valence electrons. The molecule has 0 saturated carbocycles. The minimum Gasteiger partial charge on any atom is -0.296 e. The monoisotopic (exact) mass is 726 g/mol. The van der Waals surface area contributed by atoms with Crippen molar-refractivity contribution in [3.05, 3.63) is 206 Å². The van der Waals surface area contributed by atoms with E-state index in [4.69, 9.17) is 4.98 Å². The van der Waals surface area contributed by atoms with E-state index < -0.39 is 0 Å². The van der Waals surface area contributed by atoms with Gasteiger partial charge >= 0.3 is 0 Å². The number of aromatic nitrogens is 2. The maximum absolute atomic E-state index is 5.06. The van der Waals surface area contributed by atoms with Crippen LogP contribution in [0.5, 0.6) is 0 Å². The second kappa shape index (κ2) is 13.5. The Labute approximate surface area is 331 Å². The van der Waals surface area contributed by atoms with Gasteiger partial charge in [0, 0.05) is 11.8 Å². The fraction of sp³-hybridized carbons (Fsp3) is 0.0364. The molecular weight excluding hydrogens is 689 g/mol. The van der Waals surface area contributed by atoms with Gasteiger partial charge in [0.25, 0.3) is 0 Å². The summed E-state index contributed by atoms with van der Waals surface area (Å²) in [7, 11) is 0. The van der Waals surface area contributed by atoms with Crippen molar-refractivity contribution in [2.75, 3.05) is 0 Å². The molecule has 0 saturated heterocycles. The van der Waals surface area contributed by atoms with E-state index in [2.05, 4.69) is 212 Å². The molecule has 10 aromatic carbocycles. The number of benzene rings is 10. The van der Waals surface area contributed by atoms with E-state index in [1.807, 2.05) is 0 Å². The molecule has 0 atom stereocenters. The Hall–Kier alpha value is -7.29. The molecule has 11 aromatic rings. The first-order valence-electron chi connectivity index (χ1n) is 19.9. The topological polar surface area (TPSA) is 17.8 Å². The normalized spacial score (nSPS) is 11.7. The number of nitrogens with zero attached hydrogens (tertiary/aromatic N) is 2. The van der Waals surface area contributed by atoms with Crippen molar-refractivity contribution in [1.29, 1.82) is 0 Å². The molecule has 0 amide bonds. The van der Waals surface area contributed by atoms with Gasteiger partial charge in [0.2, 0.25) is 0 Å². The van der Waals surface area contributed by atoms with E-state index >= 15 is 0 Å². The van der Waals surface area contributed by atoms with E-state index in [1.54, 1.807) is 0 Å². The van der Waals surface area contributed by atoms with Crippen molar-refractivity contribution in [3.8, 4) is 50.2 Å². The third-order valence-electron chi connectivity index (χ3n) is 11.7. The summed E-state index contributed by atoms with van der Waals surface area (Å²) in [5, 5.41) is 9.87. The molecule has 1 aromatic heterocycles. The maximum atomic E-state index is 5.06. The lowest BCUT2D eigenvalue weighted by Crippen LogP contribution is -2.01. The summed E-state index contributed by atoms with van der Waals surface area (Å²) in [6.07, 6.45) is 0.839. The van der Waals surface area contributed by atoms with Crippen molar-refractivity contribution in [1.82, 2.24) is 9.55 Å². The fourth-order valence-electron chi connectivity index (χ4n) is 9.16. The van der Waals surface area contributed by atoms with Crippen LogP contribution in [-0.2, 0) is 6.42 Å². The summed E-state index contributed by atoms with van der Waals surface area (Å²) >= 11 is 0. The second-order valence-corrected chi connectivity index (χ2v) is 14.9. The van der Waals surface area contributed by atoms with E-state index in [-0.39, 0.29) is 0 Å². The third-order valence-corrected chi connectivity index (χ3v) is 11.7. The minimum atomic E-state index is 0.839. The van der Waals surface area contributed by atoms with Gasteiger partial charge in [-0.1, -0.05) is 177 Å². The standard InChI is InChI=1S/C55H38N2/c1-2-53-56-50-26-13-14-27-52(50)57(53)51-33-32-47(42-21-9-10-22-43(42)51)55-46-24-12-11-23-45(46)54(48-31-29-39(35-49(48)55)37-18-7-4-8-19-37)44-25-15-20-40-34-38(28-30-41(40)44)36-16-5-3-6-17-36/h3-35H,2H2,1H3. The molecule has 0 spiro atoms. The van der Waals surface area contributed by atoms with Gasteiger partial charge < -0.3 is 0 Å². The zero-order valence-corrected chi connectivity index (χ0v) is 31.7. The molecule has 0 radical (unpaired) electrons. The molecule has 0 fully saturated rings. The smallest absolute Gasteiger partial charge is 0.114 e. The first kappa shape index (κ1) is 33.1. The average molecular weight is 727 g/mol. The first-order chi connectivity index (χ1) is 28.2. The molecule has 1 heterocycles. The summed E-state index contributed by atoms with van der Waals surface area (Å²) in [5.41, 5.74) is 13.1.